The van der Waals surface area contributed by atoms with Gasteiger partial charge in [-0.2, -0.15) is 0 Å². The molecular weight excluding hydrogens is 617 g/mol. The van der Waals surface area contributed by atoms with Crippen LogP contribution >= 0.6 is 0 Å². The molecule has 3 atom stereocenters. The molecule has 47 heavy (non-hydrogen) atoms. The molecule has 0 unspecified atom stereocenters. The van der Waals surface area contributed by atoms with Crippen molar-refractivity contribution in [2.24, 2.45) is 0 Å². The number of halogens is 2. The summed E-state index contributed by atoms with van der Waals surface area (Å²) >= 11 is 0. The summed E-state index contributed by atoms with van der Waals surface area (Å²) < 4.78 is 35.4. The van der Waals surface area contributed by atoms with Crippen molar-refractivity contribution >= 4 is 41.4 Å². The number of carboxylic acid groups (broad SMARTS) is 1. The number of rotatable bonds is 14. The van der Waals surface area contributed by atoms with Gasteiger partial charge in [0, 0.05) is 22.9 Å². The Labute approximate surface area is 295 Å². The number of carbonyl (C=O) groups is 2. The molecule has 0 aliphatic heterocycles. The van der Waals surface area contributed by atoms with E-state index in [0.29, 0.717) is 39.4 Å². The van der Waals surface area contributed by atoms with Crippen LogP contribution in [0.1, 0.15) is 73.9 Å². The number of carboxylic acids is 1. The van der Waals surface area contributed by atoms with Crippen LogP contribution in [0.4, 0.5) is 8.78 Å². The van der Waals surface area contributed by atoms with Crippen molar-refractivity contribution < 1.29 is 38.4 Å². The van der Waals surface area contributed by atoms with Gasteiger partial charge in [-0.25, -0.2) is 8.78 Å². The van der Waals surface area contributed by atoms with Gasteiger partial charge in [0.25, 0.3) is 5.91 Å². The van der Waals surface area contributed by atoms with Crippen molar-refractivity contribution in [3.63, 3.8) is 0 Å². The molecule has 0 aliphatic rings. The van der Waals surface area contributed by atoms with Crippen molar-refractivity contribution in [3.05, 3.63) is 101 Å². The molecule has 1 amide bonds. The molecule has 4 N–H and O–H groups in total. The van der Waals surface area contributed by atoms with Gasteiger partial charge in [-0.15, -0.1) is 0 Å². The summed E-state index contributed by atoms with van der Waals surface area (Å²) in [6.45, 7) is 5.70. The second kappa shape index (κ2) is 17.0. The van der Waals surface area contributed by atoms with E-state index in [1.807, 2.05) is 49.6 Å². The molecule has 0 fully saturated rings. The summed E-state index contributed by atoms with van der Waals surface area (Å²) in [5.74, 6) is -1.76. The van der Waals surface area contributed by atoms with Crippen LogP contribution in [-0.4, -0.2) is 80.6 Å². The Bertz CT molecular complexity index is 1640. The third-order valence-corrected chi connectivity index (χ3v) is 7.94. The van der Waals surface area contributed by atoms with Crippen molar-refractivity contribution in [1.82, 2.24) is 9.88 Å². The fourth-order valence-corrected chi connectivity index (χ4v) is 5.76. The summed E-state index contributed by atoms with van der Waals surface area (Å²) in [6, 6.07) is 18.4. The first-order valence-corrected chi connectivity index (χ1v) is 15.2. The maximum absolute atomic E-state index is 14.3. The van der Waals surface area contributed by atoms with Crippen molar-refractivity contribution in [2.45, 2.75) is 70.7 Å². The molecule has 0 spiro atoms. The van der Waals surface area contributed by atoms with Crippen LogP contribution in [0.5, 0.6) is 5.75 Å². The minimum absolute atomic E-state index is 0. The first-order valence-electron chi connectivity index (χ1n) is 15.2. The molecule has 0 radical (unpaired) electrons. The third kappa shape index (κ3) is 9.52. The first kappa shape index (κ1) is 37.9. The van der Waals surface area contributed by atoms with Crippen LogP contribution < -0.4 is 10.1 Å². The molecule has 1 heterocycles. The summed E-state index contributed by atoms with van der Waals surface area (Å²) in [5, 5.41) is 33.0. The number of methoxy groups -OCH3 is 1. The Kier molecular flexibility index (Phi) is 13.7. The monoisotopic (exact) mass is 658 g/mol. The molecule has 4 aromatic rings. The second-order valence-corrected chi connectivity index (χ2v) is 11.7. The van der Waals surface area contributed by atoms with Crippen molar-refractivity contribution in [3.8, 4) is 28.0 Å². The molecule has 1 aromatic heterocycles. The summed E-state index contributed by atoms with van der Waals surface area (Å²) in [4.78, 5) is 25.4. The Hall–Kier alpha value is -3.54. The van der Waals surface area contributed by atoms with Gasteiger partial charge in [0.2, 0.25) is 0 Å². The average Bonchev–Trinajstić information content (AvgIpc) is 3.36. The standard InChI is InChI=1S/C36H40F2N2O6.Na.H/c1-21(2)40-31(18-15-28(41)19-29(42)20-32(43)44)33(24-5-11-26(37)12-6-24)34(25-7-13-27(38)14-8-25)35(40)36(45)39-22(3)23-9-16-30(46-4)17-10-23;;/h5-14,16-17,21-22,28-29,41-42H,15,18-20H2,1-4H3,(H,39,45)(H,43,44);;/t22-,28-,29-;;/m1../s1. The van der Waals surface area contributed by atoms with Crippen molar-refractivity contribution in [2.75, 3.05) is 7.11 Å². The van der Waals surface area contributed by atoms with Crippen molar-refractivity contribution in [1.29, 1.82) is 0 Å². The van der Waals surface area contributed by atoms with E-state index in [0.717, 1.165) is 5.56 Å². The normalized spacial score (nSPS) is 13.0. The molecule has 11 heteroatoms. The summed E-state index contributed by atoms with van der Waals surface area (Å²) in [7, 11) is 1.57. The number of nitrogens with zero attached hydrogens (tertiary/aromatic N) is 1. The molecule has 0 bridgehead atoms. The molecule has 4 rings (SSSR count). The molecule has 0 saturated heterocycles. The zero-order valence-corrected chi connectivity index (χ0v) is 26.3. The fraction of sp³-hybridized carbons (Fsp3) is 0.333. The van der Waals surface area contributed by atoms with E-state index in [1.165, 1.54) is 24.3 Å². The van der Waals surface area contributed by atoms with Crippen LogP contribution in [0.15, 0.2) is 72.8 Å². The zero-order chi connectivity index (χ0) is 33.5. The van der Waals surface area contributed by atoms with Crippen LogP contribution in [0.25, 0.3) is 22.3 Å². The Morgan fingerprint density at radius 2 is 1.36 bits per heavy atom. The molecule has 0 saturated carbocycles. The van der Waals surface area contributed by atoms with Gasteiger partial charge in [-0.3, -0.25) is 9.59 Å². The van der Waals surface area contributed by atoms with Gasteiger partial charge >= 0.3 is 35.5 Å². The Morgan fingerprint density at radius 1 is 0.830 bits per heavy atom. The maximum atomic E-state index is 14.3. The predicted molar refractivity (Wildman–Crippen MR) is 179 cm³/mol. The molecule has 8 nitrogen and oxygen atoms in total. The third-order valence-electron chi connectivity index (χ3n) is 7.94. The first-order chi connectivity index (χ1) is 21.9. The average molecular weight is 659 g/mol. The Morgan fingerprint density at radius 3 is 1.85 bits per heavy atom. The number of aromatic nitrogens is 1. The number of aliphatic carboxylic acids is 1. The number of carbonyl (C=O) groups excluding carboxylic acids is 1. The topological polar surface area (TPSA) is 121 Å². The van der Waals surface area contributed by atoms with E-state index >= 15 is 0 Å². The van der Waals surface area contributed by atoms with E-state index in [9.17, 15) is 28.6 Å². The van der Waals surface area contributed by atoms with Crippen LogP contribution in [-0.2, 0) is 11.2 Å². The molecular formula is C36H41F2N2NaO6. The van der Waals surface area contributed by atoms with Crippen LogP contribution in [0, 0.1) is 11.6 Å². The summed E-state index contributed by atoms with van der Waals surface area (Å²) in [6.07, 6.45) is -2.51. The number of aliphatic hydroxyl groups is 2. The van der Waals surface area contributed by atoms with Gasteiger partial charge < -0.3 is 29.9 Å². The van der Waals surface area contributed by atoms with Crippen LogP contribution in [0.2, 0.25) is 0 Å². The molecule has 0 aliphatic carbocycles. The number of aliphatic hydroxyl groups excluding tert-OH is 2. The number of hydrogen-bond donors (Lipinski definition) is 4. The number of ether oxygens (including phenoxy) is 1. The van der Waals surface area contributed by atoms with E-state index < -0.39 is 42.3 Å². The number of hydrogen-bond acceptors (Lipinski definition) is 5. The quantitative estimate of drug-likeness (QED) is 0.123. The second-order valence-electron chi connectivity index (χ2n) is 11.7. The van der Waals surface area contributed by atoms with Gasteiger partial charge in [-0.1, -0.05) is 36.4 Å². The van der Waals surface area contributed by atoms with E-state index in [-0.39, 0.29) is 60.8 Å². The number of benzene rings is 3. The SMILES string of the molecule is COc1ccc([C@@H](C)NC(=O)c2c(-c3ccc(F)cc3)c(-c3ccc(F)cc3)c(CC[C@@H](O)C[C@@H](O)CC(=O)O)n2C(C)C)cc1.[NaH]. The Balaban J connectivity index is 0.00000600. The fourth-order valence-electron chi connectivity index (χ4n) is 5.76. The summed E-state index contributed by atoms with van der Waals surface area (Å²) in [5.41, 5.74) is 4.18. The number of nitrogens with one attached hydrogen (secondary N) is 1. The predicted octanol–water partition coefficient (Wildman–Crippen LogP) is 6.05. The van der Waals surface area contributed by atoms with Gasteiger partial charge in [0.1, 0.15) is 23.1 Å². The van der Waals surface area contributed by atoms with E-state index in [2.05, 4.69) is 5.32 Å². The van der Waals surface area contributed by atoms with Gasteiger partial charge in [0.15, 0.2) is 0 Å². The molecule has 246 valence electrons. The van der Waals surface area contributed by atoms with Gasteiger partial charge in [-0.05, 0) is 93.1 Å². The van der Waals surface area contributed by atoms with Crippen LogP contribution in [0.3, 0.4) is 0 Å². The van der Waals surface area contributed by atoms with E-state index in [1.54, 1.807) is 31.4 Å². The van der Waals surface area contributed by atoms with Gasteiger partial charge in [0.05, 0.1) is 31.8 Å². The van der Waals surface area contributed by atoms with E-state index in [4.69, 9.17) is 9.84 Å². The minimum atomic E-state index is -1.23. The zero-order valence-electron chi connectivity index (χ0n) is 26.3. The number of amides is 1. The molecule has 3 aromatic carbocycles.